The van der Waals surface area contributed by atoms with Crippen LogP contribution < -0.4 is 45.9 Å². The van der Waals surface area contributed by atoms with Gasteiger partial charge in [0.15, 0.2) is 0 Å². The number of hydrogen-bond acceptors (Lipinski definition) is 10. The molecule has 162 valence electrons. The van der Waals surface area contributed by atoms with Gasteiger partial charge in [-0.15, -0.1) is 0 Å². The zero-order valence-corrected chi connectivity index (χ0v) is 20.1. The predicted octanol–water partition coefficient (Wildman–Crippen LogP) is -4.82. The van der Waals surface area contributed by atoms with E-state index in [0.29, 0.717) is 0 Å². The molecule has 2 atom stereocenters. The molecule has 0 saturated heterocycles. The van der Waals surface area contributed by atoms with E-state index in [0.717, 1.165) is 21.6 Å². The molecule has 0 rings (SSSR count). The average Bonchev–Trinajstić information content (AvgIpc) is 2.58. The van der Waals surface area contributed by atoms with E-state index in [1.165, 1.54) is 0 Å². The molecule has 0 aromatic carbocycles. The van der Waals surface area contributed by atoms with Crippen molar-refractivity contribution in [1.29, 1.82) is 0 Å². The Bertz CT molecular complexity index is 663. The molecular formula is C13H22N3NaO9S3. The molecule has 0 unspecified atom stereocenters. The van der Waals surface area contributed by atoms with Gasteiger partial charge in [-0.3, -0.25) is 14.4 Å². The Balaban J connectivity index is 0. The Kier molecular flexibility index (Phi) is 17.1. The number of aliphatic carboxylic acids is 2. The van der Waals surface area contributed by atoms with Crippen LogP contribution in [0.25, 0.3) is 0 Å². The van der Waals surface area contributed by atoms with Gasteiger partial charge in [0.05, 0.1) is 16.7 Å². The largest absolute Gasteiger partial charge is 1.00 e. The van der Waals surface area contributed by atoms with Crippen LogP contribution in [0.15, 0.2) is 0 Å². The summed E-state index contributed by atoms with van der Waals surface area (Å²) in [5.41, 5.74) is 5.14. The van der Waals surface area contributed by atoms with Gasteiger partial charge in [0, 0.05) is 23.7 Å². The molecule has 0 spiro atoms. The smallest absolute Gasteiger partial charge is 0.748 e. The molecule has 0 radical (unpaired) electrons. The van der Waals surface area contributed by atoms with E-state index in [1.807, 2.05) is 0 Å². The second-order valence-electron chi connectivity index (χ2n) is 5.35. The van der Waals surface area contributed by atoms with E-state index in [4.69, 9.17) is 10.8 Å². The zero-order chi connectivity index (χ0) is 21.7. The Morgan fingerprint density at radius 2 is 1.59 bits per heavy atom. The van der Waals surface area contributed by atoms with Crippen molar-refractivity contribution in [3.63, 3.8) is 0 Å². The van der Waals surface area contributed by atoms with E-state index in [9.17, 15) is 37.3 Å². The van der Waals surface area contributed by atoms with Crippen LogP contribution in [0.3, 0.4) is 0 Å². The van der Waals surface area contributed by atoms with Crippen LogP contribution >= 0.6 is 21.6 Å². The fraction of sp³-hybridized carbons (Fsp3) is 0.692. The SMILES string of the molecule is NCC(=O)N[C@@H](CCC(=O)O)C(=O)N[C@@H](CCSSCCS(=O)(=O)[O-])C(=O)O.[Na+]. The third kappa shape index (κ3) is 16.9. The van der Waals surface area contributed by atoms with Crippen LogP contribution in [-0.4, -0.2) is 82.8 Å². The van der Waals surface area contributed by atoms with Gasteiger partial charge in [-0.1, -0.05) is 21.6 Å². The fourth-order valence-corrected chi connectivity index (χ4v) is 5.00. The first-order valence-electron chi connectivity index (χ1n) is 7.88. The summed E-state index contributed by atoms with van der Waals surface area (Å²) < 4.78 is 31.4. The summed E-state index contributed by atoms with van der Waals surface area (Å²) in [5.74, 6) is -4.34. The molecule has 0 aliphatic rings. The zero-order valence-electron chi connectivity index (χ0n) is 15.7. The molecule has 0 aliphatic heterocycles. The summed E-state index contributed by atoms with van der Waals surface area (Å²) in [4.78, 5) is 45.6. The van der Waals surface area contributed by atoms with Gasteiger partial charge in [-0.25, -0.2) is 13.2 Å². The number of hydrogen-bond donors (Lipinski definition) is 5. The predicted molar refractivity (Wildman–Crippen MR) is 102 cm³/mol. The van der Waals surface area contributed by atoms with E-state index >= 15 is 0 Å². The molecule has 0 heterocycles. The molecule has 0 saturated carbocycles. The number of carboxylic acids is 2. The summed E-state index contributed by atoms with van der Waals surface area (Å²) >= 11 is 0. The van der Waals surface area contributed by atoms with Crippen molar-refractivity contribution in [1.82, 2.24) is 10.6 Å². The molecule has 0 aliphatic carbocycles. The summed E-state index contributed by atoms with van der Waals surface area (Å²) in [7, 11) is -2.10. The van der Waals surface area contributed by atoms with Crippen molar-refractivity contribution in [3.8, 4) is 0 Å². The Labute approximate surface area is 197 Å². The summed E-state index contributed by atoms with van der Waals surface area (Å²) in [6.45, 7) is -0.424. The quantitative estimate of drug-likeness (QED) is 0.0641. The van der Waals surface area contributed by atoms with Gasteiger partial charge in [0.2, 0.25) is 11.8 Å². The maximum absolute atomic E-state index is 12.2. The molecule has 29 heavy (non-hydrogen) atoms. The number of rotatable bonds is 15. The maximum atomic E-state index is 12.2. The Morgan fingerprint density at radius 1 is 1.00 bits per heavy atom. The van der Waals surface area contributed by atoms with Gasteiger partial charge in [0.1, 0.15) is 12.1 Å². The van der Waals surface area contributed by atoms with E-state index in [2.05, 4.69) is 10.6 Å². The Hall–Kier alpha value is -0.550. The van der Waals surface area contributed by atoms with Gasteiger partial charge in [0.25, 0.3) is 0 Å². The van der Waals surface area contributed by atoms with E-state index < -0.39 is 64.7 Å². The van der Waals surface area contributed by atoms with Crippen LogP contribution in [0.4, 0.5) is 0 Å². The van der Waals surface area contributed by atoms with Crippen molar-refractivity contribution in [3.05, 3.63) is 0 Å². The minimum absolute atomic E-state index is 0. The van der Waals surface area contributed by atoms with Crippen molar-refractivity contribution >= 4 is 55.5 Å². The monoisotopic (exact) mass is 483 g/mol. The first kappa shape index (κ1) is 30.6. The fourth-order valence-electron chi connectivity index (χ4n) is 1.74. The molecule has 0 fully saturated rings. The van der Waals surface area contributed by atoms with Gasteiger partial charge < -0.3 is 31.1 Å². The van der Waals surface area contributed by atoms with Crippen LogP contribution in [0.1, 0.15) is 19.3 Å². The van der Waals surface area contributed by atoms with Crippen LogP contribution in [0.5, 0.6) is 0 Å². The molecule has 2 amide bonds. The second-order valence-corrected chi connectivity index (χ2v) is 9.58. The van der Waals surface area contributed by atoms with Crippen molar-refractivity contribution < 1.29 is 71.9 Å². The third-order valence-electron chi connectivity index (χ3n) is 3.09. The molecule has 0 aromatic rings. The summed E-state index contributed by atoms with van der Waals surface area (Å²) in [5, 5.41) is 22.4. The normalized spacial score (nSPS) is 12.9. The van der Waals surface area contributed by atoms with Crippen molar-refractivity contribution in [2.24, 2.45) is 5.73 Å². The average molecular weight is 484 g/mol. The minimum Gasteiger partial charge on any atom is -0.748 e. The molecule has 12 nitrogen and oxygen atoms in total. The number of carbonyl (C=O) groups is 4. The second kappa shape index (κ2) is 16.2. The minimum atomic E-state index is -4.31. The number of nitrogens with two attached hydrogens (primary N) is 1. The topological polar surface area (TPSA) is 216 Å². The molecule has 16 heteroatoms. The van der Waals surface area contributed by atoms with Gasteiger partial charge in [-0.2, -0.15) is 0 Å². The maximum Gasteiger partial charge on any atom is 1.00 e. The van der Waals surface area contributed by atoms with Crippen LogP contribution in [-0.2, 0) is 29.3 Å². The van der Waals surface area contributed by atoms with Crippen molar-refractivity contribution in [2.75, 3.05) is 23.8 Å². The van der Waals surface area contributed by atoms with E-state index in [-0.39, 0.29) is 53.9 Å². The van der Waals surface area contributed by atoms with Crippen molar-refractivity contribution in [2.45, 2.75) is 31.3 Å². The summed E-state index contributed by atoms with van der Waals surface area (Å²) in [6.07, 6.45) is -0.678. The number of carboxylic acid groups (broad SMARTS) is 2. The first-order chi connectivity index (χ1) is 13.0. The van der Waals surface area contributed by atoms with Gasteiger partial charge >= 0.3 is 41.5 Å². The number of nitrogens with one attached hydrogen (secondary N) is 2. The number of carbonyl (C=O) groups excluding carboxylic acids is 2. The first-order valence-corrected chi connectivity index (χ1v) is 11.9. The summed E-state index contributed by atoms with van der Waals surface area (Å²) in [6, 6.07) is -2.55. The third-order valence-corrected chi connectivity index (χ3v) is 6.49. The molecule has 0 aromatic heterocycles. The molecular weight excluding hydrogens is 461 g/mol. The Morgan fingerprint density at radius 3 is 2.07 bits per heavy atom. The molecule has 6 N–H and O–H groups in total. The van der Waals surface area contributed by atoms with Crippen LogP contribution in [0.2, 0.25) is 0 Å². The van der Waals surface area contributed by atoms with Gasteiger partial charge in [-0.05, 0) is 12.8 Å². The van der Waals surface area contributed by atoms with Crippen LogP contribution in [0, 0.1) is 0 Å². The standard InChI is InChI=1S/C13H23N3O9S3.Na/c14-7-10(17)15-8(1-2-11(18)19)12(20)16-9(13(21)22)3-4-26-27-5-6-28(23,24)25;/h8-9H,1-7,14H2,(H,15,17)(H,16,20)(H,18,19)(H,21,22)(H,23,24,25);/q;+1/p-1/t8-,9-;/m0./s1. The van der Waals surface area contributed by atoms with E-state index in [1.54, 1.807) is 0 Å². The number of amides is 2. The molecule has 0 bridgehead atoms.